The van der Waals surface area contributed by atoms with Gasteiger partial charge < -0.3 is 0 Å². The van der Waals surface area contributed by atoms with Crippen LogP contribution >= 0.6 is 0 Å². The van der Waals surface area contributed by atoms with Gasteiger partial charge in [-0.2, -0.15) is 0 Å². The van der Waals surface area contributed by atoms with Gasteiger partial charge in [-0.3, -0.25) is 4.79 Å². The molecule has 0 saturated heterocycles. The van der Waals surface area contributed by atoms with E-state index in [2.05, 4.69) is 0 Å². The van der Waals surface area contributed by atoms with Crippen LogP contribution in [0.3, 0.4) is 0 Å². The van der Waals surface area contributed by atoms with Crippen molar-refractivity contribution in [3.8, 4) is 0 Å². The Balaban J connectivity index is 2.01. The maximum absolute atomic E-state index is 13.2. The summed E-state index contributed by atoms with van der Waals surface area (Å²) in [5.74, 6) is -0.300. The van der Waals surface area contributed by atoms with Gasteiger partial charge in [0, 0.05) is 12.0 Å². The summed E-state index contributed by atoms with van der Waals surface area (Å²) in [6, 6.07) is 17.9. The summed E-state index contributed by atoms with van der Waals surface area (Å²) in [6.07, 6.45) is 0.213. The Morgan fingerprint density at radius 3 is 2.48 bits per heavy atom. The van der Waals surface area contributed by atoms with E-state index < -0.39 is 0 Å². The molecule has 0 bridgehead atoms. The van der Waals surface area contributed by atoms with Gasteiger partial charge in [-0.15, -0.1) is 0 Å². The fourth-order valence-corrected chi connectivity index (χ4v) is 2.62. The molecule has 0 saturated carbocycles. The molecular formula is C19H15FO. The van der Waals surface area contributed by atoms with Crippen LogP contribution in [0.15, 0.2) is 60.7 Å². The zero-order chi connectivity index (χ0) is 14.8. The van der Waals surface area contributed by atoms with E-state index in [4.69, 9.17) is 0 Å². The first-order valence-electron chi connectivity index (χ1n) is 6.91. The molecule has 0 fully saturated rings. The summed E-state index contributed by atoms with van der Waals surface area (Å²) in [5, 5.41) is 2.04. The summed E-state index contributed by atoms with van der Waals surface area (Å²) in [6.45, 7) is 2.03. The molecule has 0 N–H and O–H groups in total. The highest BCUT2D eigenvalue weighted by molar-refractivity contribution is 6.09. The zero-order valence-electron chi connectivity index (χ0n) is 11.8. The third-order valence-corrected chi connectivity index (χ3v) is 3.70. The number of carbonyl (C=O) groups excluding carboxylic acids is 1. The molecular weight excluding hydrogens is 263 g/mol. The van der Waals surface area contributed by atoms with Crippen molar-refractivity contribution >= 4 is 16.6 Å². The standard InChI is InChI=1S/C19H15FO/c1-13-9-10-18(17-8-3-2-7-16(13)17)19(21)12-14-5-4-6-15(20)11-14/h2-11H,12H2,1H3. The van der Waals surface area contributed by atoms with Gasteiger partial charge in [0.15, 0.2) is 5.78 Å². The summed E-state index contributed by atoms with van der Waals surface area (Å²) in [5.41, 5.74) is 2.54. The number of hydrogen-bond acceptors (Lipinski definition) is 1. The molecule has 0 aliphatic rings. The van der Waals surface area contributed by atoms with E-state index in [1.165, 1.54) is 12.1 Å². The number of benzene rings is 3. The quantitative estimate of drug-likeness (QED) is 0.634. The fourth-order valence-electron chi connectivity index (χ4n) is 2.62. The minimum absolute atomic E-state index is 0.0109. The molecule has 0 aromatic heterocycles. The van der Waals surface area contributed by atoms with Gasteiger partial charge in [0.2, 0.25) is 0 Å². The average molecular weight is 278 g/mol. The lowest BCUT2D eigenvalue weighted by atomic mass is 9.95. The van der Waals surface area contributed by atoms with Gasteiger partial charge in [-0.1, -0.05) is 48.5 Å². The highest BCUT2D eigenvalue weighted by atomic mass is 19.1. The molecule has 3 aromatic carbocycles. The Morgan fingerprint density at radius 2 is 1.71 bits per heavy atom. The SMILES string of the molecule is Cc1ccc(C(=O)Cc2cccc(F)c2)c2ccccc12. The van der Waals surface area contributed by atoms with Gasteiger partial charge in [-0.25, -0.2) is 4.39 Å². The number of ketones is 1. The van der Waals surface area contributed by atoms with Crippen LogP contribution < -0.4 is 0 Å². The van der Waals surface area contributed by atoms with Crippen LogP contribution in [0.5, 0.6) is 0 Å². The first kappa shape index (κ1) is 13.5. The summed E-state index contributed by atoms with van der Waals surface area (Å²) >= 11 is 0. The largest absolute Gasteiger partial charge is 0.294 e. The molecule has 1 nitrogen and oxygen atoms in total. The van der Waals surface area contributed by atoms with E-state index in [9.17, 15) is 9.18 Å². The van der Waals surface area contributed by atoms with Crippen molar-refractivity contribution in [3.63, 3.8) is 0 Å². The van der Waals surface area contributed by atoms with E-state index in [1.807, 2.05) is 43.3 Å². The predicted octanol–water partition coefficient (Wildman–Crippen LogP) is 4.71. The summed E-state index contributed by atoms with van der Waals surface area (Å²) in [7, 11) is 0. The fraction of sp³-hybridized carbons (Fsp3) is 0.105. The lowest BCUT2D eigenvalue weighted by Crippen LogP contribution is -2.05. The van der Waals surface area contributed by atoms with Crippen LogP contribution in [-0.2, 0) is 6.42 Å². The van der Waals surface area contributed by atoms with Crippen LogP contribution in [-0.4, -0.2) is 5.78 Å². The van der Waals surface area contributed by atoms with Crippen LogP contribution in [0.4, 0.5) is 4.39 Å². The van der Waals surface area contributed by atoms with Gasteiger partial charge in [0.05, 0.1) is 0 Å². The maximum Gasteiger partial charge on any atom is 0.167 e. The Morgan fingerprint density at radius 1 is 0.952 bits per heavy atom. The van der Waals surface area contributed by atoms with Gasteiger partial charge in [0.1, 0.15) is 5.82 Å². The monoisotopic (exact) mass is 278 g/mol. The first-order chi connectivity index (χ1) is 10.1. The Kier molecular flexibility index (Phi) is 3.53. The molecule has 21 heavy (non-hydrogen) atoms. The maximum atomic E-state index is 13.2. The molecule has 0 atom stereocenters. The Hall–Kier alpha value is -2.48. The number of Topliss-reactive ketones (excluding diaryl/α,β-unsaturated/α-hetero) is 1. The second kappa shape index (κ2) is 5.49. The number of rotatable bonds is 3. The minimum Gasteiger partial charge on any atom is -0.294 e. The van der Waals surface area contributed by atoms with Crippen molar-refractivity contribution in [2.24, 2.45) is 0 Å². The second-order valence-corrected chi connectivity index (χ2v) is 5.21. The van der Waals surface area contributed by atoms with Crippen LogP contribution in [0.1, 0.15) is 21.5 Å². The molecule has 0 aliphatic heterocycles. The lowest BCUT2D eigenvalue weighted by molar-refractivity contribution is 0.0994. The van der Waals surface area contributed by atoms with Crippen molar-refractivity contribution in [3.05, 3.63) is 83.2 Å². The summed E-state index contributed by atoms with van der Waals surface area (Å²) in [4.78, 5) is 12.5. The highest BCUT2D eigenvalue weighted by Gasteiger charge is 2.12. The van der Waals surface area contributed by atoms with E-state index >= 15 is 0 Å². The number of aryl methyl sites for hydroxylation is 1. The second-order valence-electron chi connectivity index (χ2n) is 5.21. The Bertz CT molecular complexity index is 821. The number of carbonyl (C=O) groups is 1. The number of halogens is 1. The van der Waals surface area contributed by atoms with Crippen molar-refractivity contribution in [2.45, 2.75) is 13.3 Å². The molecule has 0 amide bonds. The smallest absolute Gasteiger partial charge is 0.167 e. The molecule has 3 aromatic rings. The molecule has 104 valence electrons. The van der Waals surface area contributed by atoms with Gasteiger partial charge in [-0.05, 0) is 41.0 Å². The Labute approximate surface area is 123 Å². The van der Waals surface area contributed by atoms with Crippen molar-refractivity contribution in [2.75, 3.05) is 0 Å². The van der Waals surface area contributed by atoms with E-state index in [-0.39, 0.29) is 18.0 Å². The molecule has 2 heteroatoms. The molecule has 0 spiro atoms. The third-order valence-electron chi connectivity index (χ3n) is 3.70. The first-order valence-corrected chi connectivity index (χ1v) is 6.91. The zero-order valence-corrected chi connectivity index (χ0v) is 11.8. The van der Waals surface area contributed by atoms with Crippen LogP contribution in [0.25, 0.3) is 10.8 Å². The number of hydrogen-bond donors (Lipinski definition) is 0. The van der Waals surface area contributed by atoms with Gasteiger partial charge >= 0.3 is 0 Å². The minimum atomic E-state index is -0.311. The molecule has 0 heterocycles. The van der Waals surface area contributed by atoms with E-state index in [1.54, 1.807) is 12.1 Å². The topological polar surface area (TPSA) is 17.1 Å². The average Bonchev–Trinajstić information content (AvgIpc) is 2.48. The lowest BCUT2D eigenvalue weighted by Gasteiger charge is -2.08. The van der Waals surface area contributed by atoms with Crippen molar-refractivity contribution in [1.82, 2.24) is 0 Å². The summed E-state index contributed by atoms with van der Waals surface area (Å²) < 4.78 is 13.2. The molecule has 3 rings (SSSR count). The van der Waals surface area contributed by atoms with Crippen LogP contribution in [0, 0.1) is 12.7 Å². The van der Waals surface area contributed by atoms with Crippen LogP contribution in [0.2, 0.25) is 0 Å². The van der Waals surface area contributed by atoms with Crippen molar-refractivity contribution < 1.29 is 9.18 Å². The normalized spacial score (nSPS) is 10.8. The molecule has 0 aliphatic carbocycles. The third kappa shape index (κ3) is 2.70. The number of fused-ring (bicyclic) bond motifs is 1. The van der Waals surface area contributed by atoms with Gasteiger partial charge in [0.25, 0.3) is 0 Å². The van der Waals surface area contributed by atoms with E-state index in [0.29, 0.717) is 11.1 Å². The van der Waals surface area contributed by atoms with Crippen molar-refractivity contribution in [1.29, 1.82) is 0 Å². The molecule has 0 radical (unpaired) electrons. The highest BCUT2D eigenvalue weighted by Crippen LogP contribution is 2.23. The van der Waals surface area contributed by atoms with E-state index in [0.717, 1.165) is 16.3 Å². The molecule has 0 unspecified atom stereocenters. The predicted molar refractivity (Wildman–Crippen MR) is 83.1 cm³/mol.